The average molecular weight is 360 g/mol. The smallest absolute Gasteiger partial charge is 0.258 e. The Morgan fingerprint density at radius 1 is 1.47 bits per heavy atom. The number of nitrogen functional groups attached to an aromatic ring is 1. The molecule has 0 unspecified atom stereocenters. The molecule has 0 radical (unpaired) electrons. The van der Waals surface area contributed by atoms with Crippen LogP contribution in [0.1, 0.15) is 15.9 Å². The Balaban J connectivity index is 2.23. The maximum atomic E-state index is 12.0. The standard InChI is InChI=1S/C10H9IN4OS/c1-5-3-2-4-6(7(5)11)8(16)13-10-15-14-9(12)17-10/h2-4H,1H3,(H2,12,14)(H,13,15,16). The lowest BCUT2D eigenvalue weighted by atomic mass is 10.1. The molecule has 1 aromatic heterocycles. The number of amides is 1. The molecule has 2 aromatic rings. The van der Waals surface area contributed by atoms with Crippen LogP contribution in [0.2, 0.25) is 0 Å². The van der Waals surface area contributed by atoms with E-state index in [1.165, 1.54) is 0 Å². The van der Waals surface area contributed by atoms with Crippen molar-refractivity contribution >= 4 is 50.1 Å². The summed E-state index contributed by atoms with van der Waals surface area (Å²) in [6.45, 7) is 1.96. The molecule has 2 rings (SSSR count). The van der Waals surface area contributed by atoms with Crippen LogP contribution < -0.4 is 11.1 Å². The van der Waals surface area contributed by atoms with Crippen molar-refractivity contribution in [1.82, 2.24) is 10.2 Å². The maximum absolute atomic E-state index is 12.0. The van der Waals surface area contributed by atoms with E-state index in [0.717, 1.165) is 20.5 Å². The van der Waals surface area contributed by atoms with Gasteiger partial charge in [0.2, 0.25) is 10.3 Å². The number of hydrogen-bond donors (Lipinski definition) is 2. The van der Waals surface area contributed by atoms with Gasteiger partial charge < -0.3 is 5.73 Å². The van der Waals surface area contributed by atoms with Crippen LogP contribution in [-0.4, -0.2) is 16.1 Å². The van der Waals surface area contributed by atoms with Gasteiger partial charge in [0.1, 0.15) is 0 Å². The molecule has 0 saturated carbocycles. The lowest BCUT2D eigenvalue weighted by Crippen LogP contribution is -2.13. The first kappa shape index (κ1) is 12.2. The summed E-state index contributed by atoms with van der Waals surface area (Å²) in [5.74, 6) is -0.200. The third kappa shape index (κ3) is 2.72. The summed E-state index contributed by atoms with van der Waals surface area (Å²) in [6, 6.07) is 5.58. The van der Waals surface area contributed by atoms with Crippen molar-refractivity contribution in [3.05, 3.63) is 32.9 Å². The quantitative estimate of drug-likeness (QED) is 0.806. The highest BCUT2D eigenvalue weighted by atomic mass is 127. The summed E-state index contributed by atoms with van der Waals surface area (Å²) in [5, 5.41) is 10.8. The number of anilines is 2. The van der Waals surface area contributed by atoms with Gasteiger partial charge in [-0.25, -0.2) is 0 Å². The highest BCUT2D eigenvalue weighted by Crippen LogP contribution is 2.20. The second-order valence-electron chi connectivity index (χ2n) is 3.34. The number of hydrogen-bond acceptors (Lipinski definition) is 5. The molecule has 0 bridgehead atoms. The zero-order valence-corrected chi connectivity index (χ0v) is 11.9. The van der Waals surface area contributed by atoms with Gasteiger partial charge in [0.15, 0.2) is 0 Å². The van der Waals surface area contributed by atoms with Crippen LogP contribution in [0.15, 0.2) is 18.2 Å². The summed E-state index contributed by atoms with van der Waals surface area (Å²) in [6.07, 6.45) is 0. The molecule has 5 nitrogen and oxygen atoms in total. The number of nitrogens with two attached hydrogens (primary N) is 1. The predicted octanol–water partition coefficient (Wildman–Crippen LogP) is 2.29. The summed E-state index contributed by atoms with van der Waals surface area (Å²) in [5.41, 5.74) is 7.13. The Labute approximate surface area is 116 Å². The molecule has 7 heteroatoms. The Morgan fingerprint density at radius 2 is 2.24 bits per heavy atom. The van der Waals surface area contributed by atoms with Crippen LogP contribution in [0.3, 0.4) is 0 Å². The van der Waals surface area contributed by atoms with Crippen LogP contribution in [0.5, 0.6) is 0 Å². The van der Waals surface area contributed by atoms with Crippen LogP contribution in [-0.2, 0) is 0 Å². The fourth-order valence-corrected chi connectivity index (χ4v) is 2.38. The summed E-state index contributed by atoms with van der Waals surface area (Å²) < 4.78 is 0.931. The molecular formula is C10H9IN4OS. The van der Waals surface area contributed by atoms with Crippen LogP contribution in [0.25, 0.3) is 0 Å². The molecule has 0 aliphatic carbocycles. The second-order valence-corrected chi connectivity index (χ2v) is 5.42. The van der Waals surface area contributed by atoms with E-state index in [4.69, 9.17) is 5.73 Å². The molecular weight excluding hydrogens is 351 g/mol. The van der Waals surface area contributed by atoms with E-state index in [0.29, 0.717) is 15.8 Å². The highest BCUT2D eigenvalue weighted by molar-refractivity contribution is 14.1. The molecule has 3 N–H and O–H groups in total. The van der Waals surface area contributed by atoms with Gasteiger partial charge in [-0.3, -0.25) is 10.1 Å². The van der Waals surface area contributed by atoms with E-state index >= 15 is 0 Å². The summed E-state index contributed by atoms with van der Waals surface area (Å²) in [4.78, 5) is 12.0. The van der Waals surface area contributed by atoms with Crippen molar-refractivity contribution in [3.8, 4) is 0 Å². The lowest BCUT2D eigenvalue weighted by Gasteiger charge is -2.05. The zero-order chi connectivity index (χ0) is 12.4. The van der Waals surface area contributed by atoms with Gasteiger partial charge in [-0.05, 0) is 41.1 Å². The van der Waals surface area contributed by atoms with Gasteiger partial charge in [0.25, 0.3) is 5.91 Å². The molecule has 0 spiro atoms. The van der Waals surface area contributed by atoms with Crippen LogP contribution >= 0.6 is 33.9 Å². The lowest BCUT2D eigenvalue weighted by molar-refractivity contribution is 0.102. The van der Waals surface area contributed by atoms with E-state index in [2.05, 4.69) is 38.1 Å². The van der Waals surface area contributed by atoms with Gasteiger partial charge >= 0.3 is 0 Å². The van der Waals surface area contributed by atoms with Crippen molar-refractivity contribution in [3.63, 3.8) is 0 Å². The molecule has 0 fully saturated rings. The molecule has 0 atom stereocenters. The minimum Gasteiger partial charge on any atom is -0.374 e. The third-order valence-corrected chi connectivity index (χ3v) is 4.20. The van der Waals surface area contributed by atoms with Crippen molar-refractivity contribution in [1.29, 1.82) is 0 Å². The van der Waals surface area contributed by atoms with Crippen molar-refractivity contribution in [2.24, 2.45) is 0 Å². The monoisotopic (exact) mass is 360 g/mol. The van der Waals surface area contributed by atoms with Gasteiger partial charge in [-0.15, -0.1) is 10.2 Å². The van der Waals surface area contributed by atoms with Crippen molar-refractivity contribution < 1.29 is 4.79 Å². The SMILES string of the molecule is Cc1cccc(C(=O)Nc2nnc(N)s2)c1I. The van der Waals surface area contributed by atoms with Gasteiger partial charge in [-0.2, -0.15) is 0 Å². The van der Waals surface area contributed by atoms with Gasteiger partial charge in [0, 0.05) is 3.57 Å². The highest BCUT2D eigenvalue weighted by Gasteiger charge is 2.13. The second kappa shape index (κ2) is 4.96. The Bertz CT molecular complexity index is 569. The Morgan fingerprint density at radius 3 is 2.88 bits per heavy atom. The van der Waals surface area contributed by atoms with Crippen LogP contribution in [0.4, 0.5) is 10.3 Å². The summed E-state index contributed by atoms with van der Waals surface area (Å²) >= 11 is 3.29. The zero-order valence-electron chi connectivity index (χ0n) is 8.90. The number of halogens is 1. The van der Waals surface area contributed by atoms with Gasteiger partial charge in [-0.1, -0.05) is 23.5 Å². The number of benzene rings is 1. The van der Waals surface area contributed by atoms with Crippen molar-refractivity contribution in [2.75, 3.05) is 11.1 Å². The fourth-order valence-electron chi connectivity index (χ4n) is 1.27. The molecule has 17 heavy (non-hydrogen) atoms. The number of carbonyl (C=O) groups is 1. The van der Waals surface area contributed by atoms with E-state index in [9.17, 15) is 4.79 Å². The van der Waals surface area contributed by atoms with E-state index in [-0.39, 0.29) is 5.91 Å². The minimum absolute atomic E-state index is 0.200. The van der Waals surface area contributed by atoms with E-state index in [1.54, 1.807) is 6.07 Å². The minimum atomic E-state index is -0.200. The molecule has 1 aromatic carbocycles. The fraction of sp³-hybridized carbons (Fsp3) is 0.100. The van der Waals surface area contributed by atoms with E-state index < -0.39 is 0 Å². The molecule has 0 saturated heterocycles. The first-order chi connectivity index (χ1) is 8.08. The first-order valence-corrected chi connectivity index (χ1v) is 6.63. The van der Waals surface area contributed by atoms with Gasteiger partial charge in [0.05, 0.1) is 5.56 Å². The largest absolute Gasteiger partial charge is 0.374 e. The number of aryl methyl sites for hydroxylation is 1. The molecule has 0 aliphatic rings. The van der Waals surface area contributed by atoms with E-state index in [1.807, 2.05) is 19.1 Å². The molecule has 0 aliphatic heterocycles. The molecule has 88 valence electrons. The number of rotatable bonds is 2. The number of carbonyl (C=O) groups excluding carboxylic acids is 1. The summed E-state index contributed by atoms with van der Waals surface area (Å²) in [7, 11) is 0. The Kier molecular flexibility index (Phi) is 3.57. The third-order valence-electron chi connectivity index (χ3n) is 2.10. The molecule has 1 heterocycles. The topological polar surface area (TPSA) is 80.9 Å². The first-order valence-electron chi connectivity index (χ1n) is 4.73. The number of nitrogens with one attached hydrogen (secondary N) is 1. The number of aromatic nitrogens is 2. The van der Waals surface area contributed by atoms with Crippen molar-refractivity contribution in [2.45, 2.75) is 6.92 Å². The maximum Gasteiger partial charge on any atom is 0.258 e. The predicted molar refractivity (Wildman–Crippen MR) is 76.2 cm³/mol. The Hall–Kier alpha value is -1.22. The van der Waals surface area contributed by atoms with Crippen LogP contribution in [0, 0.1) is 10.5 Å². The number of nitrogens with zero attached hydrogens (tertiary/aromatic N) is 2. The molecule has 1 amide bonds. The normalized spacial score (nSPS) is 10.2. The average Bonchev–Trinajstić information content (AvgIpc) is 2.68.